The summed E-state index contributed by atoms with van der Waals surface area (Å²) in [6, 6.07) is 16.6. The van der Waals surface area contributed by atoms with Gasteiger partial charge in [-0.15, -0.1) is 0 Å². The Labute approximate surface area is 124 Å². The second kappa shape index (κ2) is 5.86. The van der Waals surface area contributed by atoms with E-state index < -0.39 is 0 Å². The number of hydrogen-bond donors (Lipinski definition) is 1. The summed E-state index contributed by atoms with van der Waals surface area (Å²) in [5, 5.41) is 4.36. The molecule has 1 unspecified atom stereocenters. The highest BCUT2D eigenvalue weighted by molar-refractivity contribution is 6.30. The van der Waals surface area contributed by atoms with E-state index in [0.717, 1.165) is 23.9 Å². The zero-order chi connectivity index (χ0) is 13.9. The van der Waals surface area contributed by atoms with E-state index in [1.165, 1.54) is 11.1 Å². The monoisotopic (exact) mass is 287 g/mol. The third kappa shape index (κ3) is 2.82. The summed E-state index contributed by atoms with van der Waals surface area (Å²) >= 11 is 5.92. The molecular weight excluding hydrogens is 270 g/mol. The van der Waals surface area contributed by atoms with Gasteiger partial charge in [-0.1, -0.05) is 41.9 Å². The van der Waals surface area contributed by atoms with Gasteiger partial charge >= 0.3 is 0 Å². The Kier molecular flexibility index (Phi) is 3.95. The van der Waals surface area contributed by atoms with Gasteiger partial charge in [0.15, 0.2) is 0 Å². The lowest BCUT2D eigenvalue weighted by Crippen LogP contribution is -2.25. The molecule has 1 N–H and O–H groups in total. The molecule has 3 heteroatoms. The fourth-order valence-corrected chi connectivity index (χ4v) is 2.71. The quantitative estimate of drug-likeness (QED) is 0.911. The van der Waals surface area contributed by atoms with Crippen molar-refractivity contribution in [3.8, 4) is 5.75 Å². The van der Waals surface area contributed by atoms with Crippen molar-refractivity contribution in [2.24, 2.45) is 0 Å². The molecule has 2 nitrogen and oxygen atoms in total. The standard InChI is InChI=1S/C17H18ClNO/c1-12(13-6-8-15(18)9-7-13)19-10-14-11-20-17-5-3-2-4-16(14)17/h2-9,12,14,19H,10-11H2,1H3/t12-,14?/m0/s1. The van der Waals surface area contributed by atoms with Crippen LogP contribution in [0.3, 0.4) is 0 Å². The van der Waals surface area contributed by atoms with Crippen LogP contribution in [0.1, 0.15) is 30.0 Å². The number of halogens is 1. The summed E-state index contributed by atoms with van der Waals surface area (Å²) in [4.78, 5) is 0. The van der Waals surface area contributed by atoms with E-state index in [2.05, 4.69) is 36.5 Å². The molecule has 0 saturated carbocycles. The van der Waals surface area contributed by atoms with E-state index in [4.69, 9.17) is 16.3 Å². The summed E-state index contributed by atoms with van der Waals surface area (Å²) in [5.41, 5.74) is 2.56. The molecule has 20 heavy (non-hydrogen) atoms. The van der Waals surface area contributed by atoms with Crippen molar-refractivity contribution in [3.05, 3.63) is 64.7 Å². The highest BCUT2D eigenvalue weighted by Crippen LogP contribution is 2.33. The van der Waals surface area contributed by atoms with Crippen LogP contribution in [0, 0.1) is 0 Å². The number of hydrogen-bond acceptors (Lipinski definition) is 2. The number of para-hydroxylation sites is 1. The second-order valence-corrected chi connectivity index (χ2v) is 5.66. The SMILES string of the molecule is C[C@H](NCC1COc2ccccc21)c1ccc(Cl)cc1. The van der Waals surface area contributed by atoms with Gasteiger partial charge in [0, 0.05) is 29.1 Å². The van der Waals surface area contributed by atoms with Crippen molar-refractivity contribution >= 4 is 11.6 Å². The fourth-order valence-electron chi connectivity index (χ4n) is 2.59. The van der Waals surface area contributed by atoms with Crippen LogP contribution < -0.4 is 10.1 Å². The third-order valence-corrected chi connectivity index (χ3v) is 4.09. The number of benzene rings is 2. The summed E-state index contributed by atoms with van der Waals surface area (Å²) < 4.78 is 5.71. The van der Waals surface area contributed by atoms with Crippen LogP contribution in [0.25, 0.3) is 0 Å². The maximum absolute atomic E-state index is 5.92. The molecule has 0 radical (unpaired) electrons. The predicted molar refractivity (Wildman–Crippen MR) is 82.5 cm³/mol. The van der Waals surface area contributed by atoms with Crippen molar-refractivity contribution < 1.29 is 4.74 Å². The number of rotatable bonds is 4. The summed E-state index contributed by atoms with van der Waals surface area (Å²) in [6.07, 6.45) is 0. The predicted octanol–water partition coefficient (Wildman–Crippen LogP) is 4.17. The molecule has 3 rings (SSSR count). The van der Waals surface area contributed by atoms with Gasteiger partial charge in [-0.25, -0.2) is 0 Å². The molecule has 1 heterocycles. The molecule has 0 saturated heterocycles. The lowest BCUT2D eigenvalue weighted by atomic mass is 10.0. The van der Waals surface area contributed by atoms with Gasteiger partial charge in [0.2, 0.25) is 0 Å². The molecule has 2 aromatic rings. The summed E-state index contributed by atoms with van der Waals surface area (Å²) in [7, 11) is 0. The number of fused-ring (bicyclic) bond motifs is 1. The van der Waals surface area contributed by atoms with Gasteiger partial charge in [0.1, 0.15) is 5.75 Å². The smallest absolute Gasteiger partial charge is 0.122 e. The van der Waals surface area contributed by atoms with Gasteiger partial charge in [0.25, 0.3) is 0 Å². The van der Waals surface area contributed by atoms with Crippen molar-refractivity contribution in [1.82, 2.24) is 5.32 Å². The van der Waals surface area contributed by atoms with Crippen molar-refractivity contribution in [1.29, 1.82) is 0 Å². The second-order valence-electron chi connectivity index (χ2n) is 5.23. The topological polar surface area (TPSA) is 21.3 Å². The lowest BCUT2D eigenvalue weighted by Gasteiger charge is -2.17. The Morgan fingerprint density at radius 2 is 1.95 bits per heavy atom. The van der Waals surface area contributed by atoms with Crippen LogP contribution in [-0.2, 0) is 0 Å². The molecule has 0 aromatic heterocycles. The Balaban J connectivity index is 1.62. The van der Waals surface area contributed by atoms with E-state index in [1.54, 1.807) is 0 Å². The molecule has 0 fully saturated rings. The van der Waals surface area contributed by atoms with Gasteiger partial charge in [-0.05, 0) is 30.7 Å². The lowest BCUT2D eigenvalue weighted by molar-refractivity contribution is 0.323. The number of ether oxygens (including phenoxy) is 1. The van der Waals surface area contributed by atoms with Crippen LogP contribution in [0.15, 0.2) is 48.5 Å². The highest BCUT2D eigenvalue weighted by atomic mass is 35.5. The van der Waals surface area contributed by atoms with Crippen molar-refractivity contribution in [2.75, 3.05) is 13.2 Å². The summed E-state index contributed by atoms with van der Waals surface area (Å²) in [5.74, 6) is 1.46. The minimum absolute atomic E-state index is 0.306. The largest absolute Gasteiger partial charge is 0.493 e. The minimum Gasteiger partial charge on any atom is -0.493 e. The first-order valence-corrected chi connectivity index (χ1v) is 7.32. The molecular formula is C17H18ClNO. The maximum Gasteiger partial charge on any atom is 0.122 e. The molecule has 2 atom stereocenters. The molecule has 0 bridgehead atoms. The molecule has 2 aromatic carbocycles. The van der Waals surface area contributed by atoms with Gasteiger partial charge in [-0.3, -0.25) is 0 Å². The van der Waals surface area contributed by atoms with Crippen LogP contribution in [-0.4, -0.2) is 13.2 Å². The normalized spacial score (nSPS) is 18.4. The van der Waals surface area contributed by atoms with Crippen molar-refractivity contribution in [3.63, 3.8) is 0 Å². The zero-order valence-electron chi connectivity index (χ0n) is 11.5. The third-order valence-electron chi connectivity index (χ3n) is 3.84. The fraction of sp³-hybridized carbons (Fsp3) is 0.294. The van der Waals surface area contributed by atoms with E-state index in [1.807, 2.05) is 24.3 Å². The Morgan fingerprint density at radius 3 is 2.75 bits per heavy atom. The van der Waals surface area contributed by atoms with Crippen LogP contribution in [0.4, 0.5) is 0 Å². The molecule has 0 spiro atoms. The van der Waals surface area contributed by atoms with E-state index in [-0.39, 0.29) is 0 Å². The first-order valence-electron chi connectivity index (χ1n) is 6.94. The Hall–Kier alpha value is -1.51. The highest BCUT2D eigenvalue weighted by Gasteiger charge is 2.23. The first kappa shape index (κ1) is 13.5. The average Bonchev–Trinajstić information content (AvgIpc) is 2.89. The van der Waals surface area contributed by atoms with E-state index >= 15 is 0 Å². The molecule has 1 aliphatic heterocycles. The van der Waals surface area contributed by atoms with Crippen LogP contribution >= 0.6 is 11.6 Å². The Morgan fingerprint density at radius 1 is 1.20 bits per heavy atom. The number of nitrogens with one attached hydrogen (secondary N) is 1. The van der Waals surface area contributed by atoms with Crippen LogP contribution in [0.5, 0.6) is 5.75 Å². The molecule has 104 valence electrons. The van der Waals surface area contributed by atoms with Gasteiger partial charge in [0.05, 0.1) is 6.61 Å². The van der Waals surface area contributed by atoms with Crippen molar-refractivity contribution in [2.45, 2.75) is 18.9 Å². The maximum atomic E-state index is 5.92. The van der Waals surface area contributed by atoms with Crippen LogP contribution in [0.2, 0.25) is 5.02 Å². The van der Waals surface area contributed by atoms with Gasteiger partial charge in [-0.2, -0.15) is 0 Å². The summed E-state index contributed by atoms with van der Waals surface area (Å²) in [6.45, 7) is 3.85. The zero-order valence-corrected chi connectivity index (χ0v) is 12.2. The van der Waals surface area contributed by atoms with E-state index in [9.17, 15) is 0 Å². The van der Waals surface area contributed by atoms with E-state index in [0.29, 0.717) is 12.0 Å². The first-order chi connectivity index (χ1) is 9.74. The Bertz CT molecular complexity index is 582. The molecule has 0 aliphatic carbocycles. The molecule has 0 amide bonds. The average molecular weight is 288 g/mol. The molecule has 1 aliphatic rings. The minimum atomic E-state index is 0.306. The van der Waals surface area contributed by atoms with Gasteiger partial charge < -0.3 is 10.1 Å².